The third-order valence-corrected chi connectivity index (χ3v) is 13.1. The molecule has 0 aromatic carbocycles. The van der Waals surface area contributed by atoms with Crippen molar-refractivity contribution in [2.45, 2.75) is 97.2 Å². The van der Waals surface area contributed by atoms with E-state index >= 15 is 0 Å². The summed E-state index contributed by atoms with van der Waals surface area (Å²) in [6.07, 6.45) is 3.38. The number of aromatic nitrogens is 2. The van der Waals surface area contributed by atoms with Gasteiger partial charge < -0.3 is 13.9 Å². The summed E-state index contributed by atoms with van der Waals surface area (Å²) in [5.41, 5.74) is 1.94. The van der Waals surface area contributed by atoms with E-state index in [4.69, 9.17) is 13.9 Å². The summed E-state index contributed by atoms with van der Waals surface area (Å²) >= 11 is 0. The molecule has 2 aromatic rings. The molecule has 0 amide bonds. The average Bonchev–Trinajstić information content (AvgIpc) is 2.89. The van der Waals surface area contributed by atoms with Crippen LogP contribution in [0.1, 0.15) is 86.5 Å². The first kappa shape index (κ1) is 33.4. The van der Waals surface area contributed by atoms with Crippen molar-refractivity contribution in [1.82, 2.24) is 9.97 Å². The van der Waals surface area contributed by atoms with Gasteiger partial charge in [-0.2, -0.15) is 0 Å². The topological polar surface area (TPSA) is 87.6 Å². The standard InChI is InChI=1S/C20H35NO3Si.C10H13NO2/c1-9-23-19(22)20(8,18-12-10-11-13-21-18)14-24-25(15(2)3,16(4)5)17(6)7;1-3-13-10(12)8(2)9-6-4-5-7-11-9/h10-13,15-17H,9,14H2,1-8H3;4-8H,3H2,1-2H3. The maximum absolute atomic E-state index is 12.8. The van der Waals surface area contributed by atoms with Gasteiger partial charge in [0.15, 0.2) is 8.32 Å². The highest BCUT2D eigenvalue weighted by Crippen LogP contribution is 2.43. The highest BCUT2D eigenvalue weighted by Gasteiger charge is 2.48. The van der Waals surface area contributed by atoms with Gasteiger partial charge in [-0.05, 0) is 68.6 Å². The predicted octanol–water partition coefficient (Wildman–Crippen LogP) is 6.84. The van der Waals surface area contributed by atoms with E-state index in [-0.39, 0.29) is 17.9 Å². The lowest BCUT2D eigenvalue weighted by Crippen LogP contribution is -2.52. The third kappa shape index (κ3) is 8.46. The van der Waals surface area contributed by atoms with Crippen LogP contribution in [0.5, 0.6) is 0 Å². The first-order valence-electron chi connectivity index (χ1n) is 13.7. The quantitative estimate of drug-likeness (QED) is 0.213. The molecule has 0 fully saturated rings. The molecule has 0 N–H and O–H groups in total. The van der Waals surface area contributed by atoms with Crippen molar-refractivity contribution < 1.29 is 23.5 Å². The second kappa shape index (κ2) is 15.7. The molecule has 2 aromatic heterocycles. The Morgan fingerprint density at radius 1 is 0.816 bits per heavy atom. The second-order valence-corrected chi connectivity index (χ2v) is 16.1. The molecule has 0 saturated carbocycles. The Hall–Kier alpha value is -2.58. The summed E-state index contributed by atoms with van der Waals surface area (Å²) in [7, 11) is -2.07. The van der Waals surface area contributed by atoms with Crippen LogP contribution in [0.4, 0.5) is 0 Å². The summed E-state index contributed by atoms with van der Waals surface area (Å²) in [5, 5.41) is 0. The molecule has 0 bridgehead atoms. The molecule has 2 atom stereocenters. The largest absolute Gasteiger partial charge is 0.465 e. The molecular weight excluding hydrogens is 496 g/mol. The number of esters is 2. The zero-order chi connectivity index (χ0) is 28.9. The van der Waals surface area contributed by atoms with Gasteiger partial charge in [-0.25, -0.2) is 0 Å². The molecule has 0 aliphatic rings. The van der Waals surface area contributed by atoms with Crippen LogP contribution in [-0.4, -0.2) is 50.0 Å². The minimum Gasteiger partial charge on any atom is -0.465 e. The smallest absolute Gasteiger partial charge is 0.320 e. The molecule has 0 aliphatic heterocycles. The molecule has 7 nitrogen and oxygen atoms in total. The Kier molecular flexibility index (Phi) is 13.9. The number of rotatable bonds is 12. The molecule has 0 spiro atoms. The molecule has 2 unspecified atom stereocenters. The summed E-state index contributed by atoms with van der Waals surface area (Å²) in [6, 6.07) is 11.1. The van der Waals surface area contributed by atoms with Gasteiger partial charge in [0.25, 0.3) is 0 Å². The van der Waals surface area contributed by atoms with Crippen LogP contribution in [0.3, 0.4) is 0 Å². The van der Waals surface area contributed by atoms with E-state index in [2.05, 4.69) is 51.5 Å². The van der Waals surface area contributed by atoms with Crippen LogP contribution in [0.25, 0.3) is 0 Å². The molecule has 38 heavy (non-hydrogen) atoms. The minimum atomic E-state index is -2.07. The van der Waals surface area contributed by atoms with Crippen molar-refractivity contribution in [3.63, 3.8) is 0 Å². The lowest BCUT2D eigenvalue weighted by atomic mass is 9.87. The summed E-state index contributed by atoms with van der Waals surface area (Å²) in [6.45, 7) is 21.8. The average molecular weight is 545 g/mol. The normalized spacial score (nSPS) is 13.9. The van der Waals surface area contributed by atoms with Crippen molar-refractivity contribution in [2.24, 2.45) is 0 Å². The van der Waals surface area contributed by atoms with Crippen molar-refractivity contribution in [1.29, 1.82) is 0 Å². The van der Waals surface area contributed by atoms with Crippen molar-refractivity contribution in [2.75, 3.05) is 19.8 Å². The molecule has 0 aliphatic carbocycles. The first-order valence-corrected chi connectivity index (χ1v) is 15.8. The fourth-order valence-electron chi connectivity index (χ4n) is 5.01. The Bertz CT molecular complexity index is 947. The van der Waals surface area contributed by atoms with Gasteiger partial charge in [-0.1, -0.05) is 53.7 Å². The molecular formula is C30H48N2O5Si. The molecule has 8 heteroatoms. The second-order valence-electron chi connectivity index (χ2n) is 10.6. The van der Waals surface area contributed by atoms with Crippen molar-refractivity contribution in [3.05, 3.63) is 60.2 Å². The highest BCUT2D eigenvalue weighted by atomic mass is 28.4. The lowest BCUT2D eigenvalue weighted by molar-refractivity contribution is -0.151. The maximum Gasteiger partial charge on any atom is 0.320 e. The number of hydrogen-bond acceptors (Lipinski definition) is 7. The zero-order valence-corrected chi connectivity index (χ0v) is 26.0. The summed E-state index contributed by atoms with van der Waals surface area (Å²) < 4.78 is 16.9. The predicted molar refractivity (Wildman–Crippen MR) is 155 cm³/mol. The van der Waals surface area contributed by atoms with Crippen LogP contribution in [-0.2, 0) is 28.9 Å². The highest BCUT2D eigenvalue weighted by molar-refractivity contribution is 6.77. The number of carbonyl (C=O) groups is 2. The van der Waals surface area contributed by atoms with Crippen molar-refractivity contribution >= 4 is 20.3 Å². The van der Waals surface area contributed by atoms with Crippen LogP contribution >= 0.6 is 0 Å². The van der Waals surface area contributed by atoms with E-state index in [0.717, 1.165) is 5.69 Å². The fraction of sp³-hybridized carbons (Fsp3) is 0.600. The van der Waals surface area contributed by atoms with E-state index in [0.29, 0.717) is 42.1 Å². The number of hydrogen-bond donors (Lipinski definition) is 0. The van der Waals surface area contributed by atoms with Crippen LogP contribution < -0.4 is 0 Å². The summed E-state index contributed by atoms with van der Waals surface area (Å²) in [5.74, 6) is -0.768. The van der Waals surface area contributed by atoms with Crippen LogP contribution in [0, 0.1) is 0 Å². The maximum atomic E-state index is 12.8. The van der Waals surface area contributed by atoms with Gasteiger partial charge in [0, 0.05) is 12.4 Å². The molecule has 2 heterocycles. The number of carbonyl (C=O) groups excluding carboxylic acids is 2. The first-order chi connectivity index (χ1) is 17.9. The molecule has 212 valence electrons. The Morgan fingerprint density at radius 2 is 1.34 bits per heavy atom. The third-order valence-electron chi connectivity index (χ3n) is 7.05. The van der Waals surface area contributed by atoms with Gasteiger partial charge >= 0.3 is 11.9 Å². The molecule has 0 saturated heterocycles. The molecule has 0 radical (unpaired) electrons. The Balaban J connectivity index is 0.000000464. The van der Waals surface area contributed by atoms with Crippen molar-refractivity contribution in [3.8, 4) is 0 Å². The lowest BCUT2D eigenvalue weighted by Gasteiger charge is -2.44. The Morgan fingerprint density at radius 3 is 1.76 bits per heavy atom. The molecule has 2 rings (SSSR count). The zero-order valence-electron chi connectivity index (χ0n) is 25.0. The van der Waals surface area contributed by atoms with E-state index < -0.39 is 13.7 Å². The van der Waals surface area contributed by atoms with Gasteiger partial charge in [-0.15, -0.1) is 0 Å². The number of nitrogens with zero attached hydrogens (tertiary/aromatic N) is 2. The summed E-state index contributed by atoms with van der Waals surface area (Å²) in [4.78, 5) is 32.6. The van der Waals surface area contributed by atoms with Gasteiger partial charge in [0.1, 0.15) is 5.41 Å². The number of ether oxygens (including phenoxy) is 2. The van der Waals surface area contributed by atoms with Gasteiger partial charge in [-0.3, -0.25) is 19.6 Å². The minimum absolute atomic E-state index is 0.221. The van der Waals surface area contributed by atoms with E-state index in [9.17, 15) is 9.59 Å². The van der Waals surface area contributed by atoms with E-state index in [1.165, 1.54) is 0 Å². The fourth-order valence-corrected chi connectivity index (χ4v) is 10.5. The van der Waals surface area contributed by atoms with E-state index in [1.54, 1.807) is 26.2 Å². The SMILES string of the molecule is CCOC(=O)C(C)(CO[Si](C(C)C)(C(C)C)C(C)C)c1ccccn1.CCOC(=O)C(C)c1ccccn1. The number of pyridine rings is 2. The van der Waals surface area contributed by atoms with E-state index in [1.807, 2.05) is 50.2 Å². The Labute approximate surface area is 230 Å². The van der Waals surface area contributed by atoms with Crippen LogP contribution in [0.2, 0.25) is 16.6 Å². The van der Waals surface area contributed by atoms with Gasteiger partial charge in [0.05, 0.1) is 37.1 Å². The van der Waals surface area contributed by atoms with Gasteiger partial charge in [0.2, 0.25) is 0 Å². The van der Waals surface area contributed by atoms with Crippen LogP contribution in [0.15, 0.2) is 48.8 Å². The monoisotopic (exact) mass is 544 g/mol.